The van der Waals surface area contributed by atoms with E-state index < -0.39 is 0 Å². The molecule has 0 aliphatic carbocycles. The van der Waals surface area contributed by atoms with Gasteiger partial charge in [-0.05, 0) is 25.7 Å². The summed E-state index contributed by atoms with van der Waals surface area (Å²) in [5.41, 5.74) is 0. The SMILES string of the molecule is CCc1nc2n(n1)CCCC2NC(=O)N1CCC(c2nccs2)CC1. The van der Waals surface area contributed by atoms with Gasteiger partial charge in [0.15, 0.2) is 5.82 Å². The third-order valence-corrected chi connectivity index (χ3v) is 6.05. The summed E-state index contributed by atoms with van der Waals surface area (Å²) in [7, 11) is 0. The topological polar surface area (TPSA) is 75.9 Å². The maximum atomic E-state index is 12.7. The molecule has 25 heavy (non-hydrogen) atoms. The number of amides is 2. The van der Waals surface area contributed by atoms with Crippen LogP contribution in [0.5, 0.6) is 0 Å². The van der Waals surface area contributed by atoms with Gasteiger partial charge in [0.2, 0.25) is 0 Å². The third kappa shape index (κ3) is 3.40. The third-order valence-electron chi connectivity index (χ3n) is 5.12. The van der Waals surface area contributed by atoms with Crippen molar-refractivity contribution in [2.45, 2.75) is 57.5 Å². The maximum absolute atomic E-state index is 12.7. The summed E-state index contributed by atoms with van der Waals surface area (Å²) in [6.07, 6.45) is 6.62. The zero-order valence-electron chi connectivity index (χ0n) is 14.5. The molecule has 7 nitrogen and oxygen atoms in total. The van der Waals surface area contributed by atoms with Gasteiger partial charge in [0, 0.05) is 43.5 Å². The maximum Gasteiger partial charge on any atom is 0.317 e. The van der Waals surface area contributed by atoms with Gasteiger partial charge in [-0.1, -0.05) is 6.92 Å². The first-order valence-electron chi connectivity index (χ1n) is 9.13. The summed E-state index contributed by atoms with van der Waals surface area (Å²) in [6, 6.07) is 0.00261. The van der Waals surface area contributed by atoms with E-state index in [-0.39, 0.29) is 12.1 Å². The summed E-state index contributed by atoms with van der Waals surface area (Å²) in [4.78, 5) is 23.6. The van der Waals surface area contributed by atoms with Crippen molar-refractivity contribution in [3.63, 3.8) is 0 Å². The number of hydrogen-bond donors (Lipinski definition) is 1. The van der Waals surface area contributed by atoms with E-state index in [9.17, 15) is 4.79 Å². The fourth-order valence-corrected chi connectivity index (χ4v) is 4.50. The molecule has 2 aliphatic heterocycles. The van der Waals surface area contributed by atoms with Crippen molar-refractivity contribution < 1.29 is 4.79 Å². The van der Waals surface area contributed by atoms with Crippen LogP contribution in [0.15, 0.2) is 11.6 Å². The zero-order chi connectivity index (χ0) is 17.2. The van der Waals surface area contributed by atoms with Gasteiger partial charge in [0.25, 0.3) is 0 Å². The van der Waals surface area contributed by atoms with Gasteiger partial charge in [-0.15, -0.1) is 11.3 Å². The molecule has 4 rings (SSSR count). The number of carbonyl (C=O) groups excluding carboxylic acids is 1. The Kier molecular flexibility index (Phi) is 4.70. The number of nitrogens with one attached hydrogen (secondary N) is 1. The fourth-order valence-electron chi connectivity index (χ4n) is 3.69. The van der Waals surface area contributed by atoms with Crippen LogP contribution in [0.1, 0.15) is 61.2 Å². The van der Waals surface area contributed by atoms with Crippen LogP contribution in [0.3, 0.4) is 0 Å². The highest BCUT2D eigenvalue weighted by Crippen LogP contribution is 2.30. The summed E-state index contributed by atoms with van der Waals surface area (Å²) < 4.78 is 1.96. The van der Waals surface area contributed by atoms with Gasteiger partial charge >= 0.3 is 6.03 Å². The van der Waals surface area contributed by atoms with Crippen LogP contribution in [0.4, 0.5) is 4.79 Å². The Hall–Kier alpha value is -1.96. The molecule has 134 valence electrons. The van der Waals surface area contributed by atoms with Gasteiger partial charge in [0.05, 0.1) is 11.0 Å². The van der Waals surface area contributed by atoms with Gasteiger partial charge in [-0.3, -0.25) is 0 Å². The average molecular weight is 360 g/mol. The summed E-state index contributed by atoms with van der Waals surface area (Å²) in [6.45, 7) is 4.53. The number of thiazole rings is 1. The molecule has 1 unspecified atom stereocenters. The highest BCUT2D eigenvalue weighted by molar-refractivity contribution is 7.09. The number of nitrogens with zero attached hydrogens (tertiary/aromatic N) is 5. The lowest BCUT2D eigenvalue weighted by Crippen LogP contribution is -2.46. The molecule has 1 N–H and O–H groups in total. The minimum Gasteiger partial charge on any atom is -0.328 e. The van der Waals surface area contributed by atoms with E-state index in [1.54, 1.807) is 11.3 Å². The minimum atomic E-state index is -0.0225. The predicted molar refractivity (Wildman–Crippen MR) is 95.6 cm³/mol. The largest absolute Gasteiger partial charge is 0.328 e. The summed E-state index contributed by atoms with van der Waals surface area (Å²) in [5, 5.41) is 10.9. The number of likely N-dealkylation sites (tertiary alicyclic amines) is 1. The van der Waals surface area contributed by atoms with E-state index in [1.807, 2.05) is 21.2 Å². The Morgan fingerprint density at radius 3 is 2.88 bits per heavy atom. The van der Waals surface area contributed by atoms with Crippen LogP contribution in [-0.2, 0) is 13.0 Å². The van der Waals surface area contributed by atoms with Crippen LogP contribution in [-0.4, -0.2) is 43.8 Å². The van der Waals surface area contributed by atoms with Gasteiger partial charge < -0.3 is 10.2 Å². The molecule has 2 aromatic heterocycles. The first-order valence-corrected chi connectivity index (χ1v) is 10.0. The van der Waals surface area contributed by atoms with Crippen molar-refractivity contribution in [3.8, 4) is 0 Å². The molecule has 2 aromatic rings. The van der Waals surface area contributed by atoms with Crippen LogP contribution < -0.4 is 5.32 Å². The highest BCUT2D eigenvalue weighted by Gasteiger charge is 2.29. The lowest BCUT2D eigenvalue weighted by Gasteiger charge is -2.33. The first-order chi connectivity index (χ1) is 12.2. The average Bonchev–Trinajstić information content (AvgIpc) is 3.32. The number of hydrogen-bond acceptors (Lipinski definition) is 5. The summed E-state index contributed by atoms with van der Waals surface area (Å²) in [5.74, 6) is 2.27. The van der Waals surface area contributed by atoms with E-state index in [0.717, 1.165) is 63.4 Å². The second-order valence-electron chi connectivity index (χ2n) is 6.74. The van der Waals surface area contributed by atoms with Crippen molar-refractivity contribution in [2.24, 2.45) is 0 Å². The number of aromatic nitrogens is 4. The van der Waals surface area contributed by atoms with Crippen molar-refractivity contribution >= 4 is 17.4 Å². The van der Waals surface area contributed by atoms with Crippen LogP contribution in [0, 0.1) is 0 Å². The first kappa shape index (κ1) is 16.5. The number of urea groups is 1. The number of rotatable bonds is 3. The second-order valence-corrected chi connectivity index (χ2v) is 7.67. The minimum absolute atomic E-state index is 0.0225. The number of carbonyl (C=O) groups is 1. The molecular weight excluding hydrogens is 336 g/mol. The molecule has 0 spiro atoms. The molecule has 2 amide bonds. The quantitative estimate of drug-likeness (QED) is 0.913. The molecule has 2 aliphatic rings. The van der Waals surface area contributed by atoms with E-state index in [4.69, 9.17) is 0 Å². The second kappa shape index (κ2) is 7.11. The van der Waals surface area contributed by atoms with Crippen molar-refractivity contribution in [3.05, 3.63) is 28.2 Å². The fraction of sp³-hybridized carbons (Fsp3) is 0.647. The lowest BCUT2D eigenvalue weighted by molar-refractivity contribution is 0.174. The molecule has 1 fully saturated rings. The van der Waals surface area contributed by atoms with E-state index >= 15 is 0 Å². The Bertz CT molecular complexity index is 720. The smallest absolute Gasteiger partial charge is 0.317 e. The molecule has 0 aromatic carbocycles. The van der Waals surface area contributed by atoms with E-state index in [1.165, 1.54) is 5.01 Å². The van der Waals surface area contributed by atoms with Crippen molar-refractivity contribution in [1.82, 2.24) is 30.0 Å². The molecule has 0 radical (unpaired) electrons. The van der Waals surface area contributed by atoms with Gasteiger partial charge in [0.1, 0.15) is 5.82 Å². The molecule has 4 heterocycles. The number of fused-ring (bicyclic) bond motifs is 1. The Morgan fingerprint density at radius 2 is 2.16 bits per heavy atom. The molecule has 0 bridgehead atoms. The number of aryl methyl sites for hydroxylation is 2. The van der Waals surface area contributed by atoms with Crippen LogP contribution in [0.25, 0.3) is 0 Å². The Morgan fingerprint density at radius 1 is 1.32 bits per heavy atom. The Labute approximate surface area is 151 Å². The van der Waals surface area contributed by atoms with Crippen molar-refractivity contribution in [2.75, 3.05) is 13.1 Å². The van der Waals surface area contributed by atoms with Crippen LogP contribution in [0.2, 0.25) is 0 Å². The zero-order valence-corrected chi connectivity index (χ0v) is 15.3. The monoisotopic (exact) mass is 360 g/mol. The molecule has 0 saturated carbocycles. The highest BCUT2D eigenvalue weighted by atomic mass is 32.1. The standard InChI is InChI=1S/C17H24N6OS/c1-2-14-20-15-13(4-3-8-23(15)21-14)19-17(24)22-9-5-12(6-10-22)16-18-7-11-25-16/h7,11-13H,2-6,8-10H2,1H3,(H,19,24). The van der Waals surface area contributed by atoms with E-state index in [2.05, 4.69) is 27.3 Å². The molecule has 1 saturated heterocycles. The number of piperidine rings is 1. The molecule has 8 heteroatoms. The van der Waals surface area contributed by atoms with E-state index in [0.29, 0.717) is 5.92 Å². The van der Waals surface area contributed by atoms with Gasteiger partial charge in [-0.25, -0.2) is 19.4 Å². The lowest BCUT2D eigenvalue weighted by atomic mass is 9.98. The Balaban J connectivity index is 1.36. The normalized spacial score (nSPS) is 21.2. The van der Waals surface area contributed by atoms with Gasteiger partial charge in [-0.2, -0.15) is 5.10 Å². The predicted octanol–water partition coefficient (Wildman–Crippen LogP) is 2.72. The molecular formula is C17H24N6OS. The van der Waals surface area contributed by atoms with Crippen molar-refractivity contribution in [1.29, 1.82) is 0 Å². The van der Waals surface area contributed by atoms with Crippen LogP contribution >= 0.6 is 11.3 Å². The molecule has 1 atom stereocenters. The summed E-state index contributed by atoms with van der Waals surface area (Å²) >= 11 is 1.72.